The summed E-state index contributed by atoms with van der Waals surface area (Å²) in [6.45, 7) is 4.50. The molecule has 2 heterocycles. The van der Waals surface area contributed by atoms with Gasteiger partial charge in [-0.3, -0.25) is 9.69 Å². The molecule has 108 valence electrons. The number of hydrogen-bond acceptors (Lipinski definition) is 4. The van der Waals surface area contributed by atoms with E-state index in [9.17, 15) is 9.59 Å². The van der Waals surface area contributed by atoms with E-state index in [2.05, 4.69) is 6.92 Å². The van der Waals surface area contributed by atoms with Crippen molar-refractivity contribution in [3.05, 3.63) is 0 Å². The second kappa shape index (κ2) is 6.34. The van der Waals surface area contributed by atoms with E-state index in [1.165, 1.54) is 6.42 Å². The van der Waals surface area contributed by atoms with E-state index in [-0.39, 0.29) is 5.91 Å². The minimum atomic E-state index is -0.955. The van der Waals surface area contributed by atoms with E-state index in [4.69, 9.17) is 9.84 Å². The summed E-state index contributed by atoms with van der Waals surface area (Å²) in [5.74, 6) is -0.846. The summed E-state index contributed by atoms with van der Waals surface area (Å²) in [7, 11) is 0. The molecule has 2 fully saturated rings. The van der Waals surface area contributed by atoms with E-state index in [0.29, 0.717) is 32.3 Å². The highest BCUT2D eigenvalue weighted by atomic mass is 16.5. The van der Waals surface area contributed by atoms with Crippen molar-refractivity contribution >= 4 is 11.9 Å². The molecule has 0 radical (unpaired) electrons. The van der Waals surface area contributed by atoms with Gasteiger partial charge in [-0.15, -0.1) is 0 Å². The Kier molecular flexibility index (Phi) is 4.76. The quantitative estimate of drug-likeness (QED) is 0.792. The summed E-state index contributed by atoms with van der Waals surface area (Å²) < 4.78 is 5.15. The SMILES string of the molecule is CC1CCCCN1C(=O)CN1CCOC(C(=O)O)C1. The Hall–Kier alpha value is -1.14. The first-order valence-electron chi connectivity index (χ1n) is 6.94. The molecule has 1 N–H and O–H groups in total. The predicted octanol–water partition coefficient (Wildman–Crippen LogP) is 0.173. The summed E-state index contributed by atoms with van der Waals surface area (Å²) >= 11 is 0. The van der Waals surface area contributed by atoms with Gasteiger partial charge in [0.15, 0.2) is 6.10 Å². The third kappa shape index (κ3) is 3.67. The van der Waals surface area contributed by atoms with Crippen molar-refractivity contribution in [1.29, 1.82) is 0 Å². The normalized spacial score (nSPS) is 29.2. The van der Waals surface area contributed by atoms with Gasteiger partial charge in [0.25, 0.3) is 0 Å². The van der Waals surface area contributed by atoms with Crippen LogP contribution in [0.1, 0.15) is 26.2 Å². The Bertz CT molecular complexity index is 348. The lowest BCUT2D eigenvalue weighted by Gasteiger charge is -2.36. The van der Waals surface area contributed by atoms with Crippen LogP contribution in [-0.4, -0.2) is 71.7 Å². The molecule has 2 atom stereocenters. The summed E-state index contributed by atoms with van der Waals surface area (Å²) in [5, 5.41) is 8.93. The molecule has 6 nitrogen and oxygen atoms in total. The number of carbonyl (C=O) groups excluding carboxylic acids is 1. The maximum atomic E-state index is 12.2. The lowest BCUT2D eigenvalue weighted by atomic mass is 10.0. The van der Waals surface area contributed by atoms with E-state index < -0.39 is 12.1 Å². The number of hydrogen-bond donors (Lipinski definition) is 1. The van der Waals surface area contributed by atoms with Crippen molar-refractivity contribution < 1.29 is 19.4 Å². The average Bonchev–Trinajstić information content (AvgIpc) is 2.39. The van der Waals surface area contributed by atoms with Crippen LogP contribution in [0.5, 0.6) is 0 Å². The Morgan fingerprint density at radius 1 is 1.32 bits per heavy atom. The Labute approximate surface area is 113 Å². The topological polar surface area (TPSA) is 70.1 Å². The first-order valence-corrected chi connectivity index (χ1v) is 6.94. The van der Waals surface area contributed by atoms with Crippen molar-refractivity contribution in [3.63, 3.8) is 0 Å². The second-order valence-electron chi connectivity index (χ2n) is 5.36. The second-order valence-corrected chi connectivity index (χ2v) is 5.36. The summed E-state index contributed by atoms with van der Waals surface area (Å²) in [6.07, 6.45) is 2.51. The highest BCUT2D eigenvalue weighted by Gasteiger charge is 2.30. The molecular weight excluding hydrogens is 248 g/mol. The van der Waals surface area contributed by atoms with E-state index in [1.807, 2.05) is 9.80 Å². The van der Waals surface area contributed by atoms with Gasteiger partial charge in [-0.05, 0) is 26.2 Å². The largest absolute Gasteiger partial charge is 0.479 e. The molecule has 2 saturated heterocycles. The highest BCUT2D eigenvalue weighted by Crippen LogP contribution is 2.17. The Morgan fingerprint density at radius 2 is 2.11 bits per heavy atom. The van der Waals surface area contributed by atoms with Crippen LogP contribution in [0.15, 0.2) is 0 Å². The van der Waals surface area contributed by atoms with Crippen molar-refractivity contribution in [1.82, 2.24) is 9.80 Å². The molecule has 2 aliphatic heterocycles. The number of aliphatic carboxylic acids is 1. The van der Waals surface area contributed by atoms with Gasteiger partial charge in [-0.1, -0.05) is 0 Å². The summed E-state index contributed by atoms with van der Waals surface area (Å²) in [4.78, 5) is 26.9. The number of nitrogens with zero attached hydrogens (tertiary/aromatic N) is 2. The Morgan fingerprint density at radius 3 is 2.79 bits per heavy atom. The third-order valence-corrected chi connectivity index (χ3v) is 3.91. The molecule has 0 aliphatic carbocycles. The zero-order valence-electron chi connectivity index (χ0n) is 11.4. The van der Waals surface area contributed by atoms with Crippen LogP contribution in [0, 0.1) is 0 Å². The zero-order valence-corrected chi connectivity index (χ0v) is 11.4. The van der Waals surface area contributed by atoms with Gasteiger partial charge in [-0.25, -0.2) is 4.79 Å². The number of carbonyl (C=O) groups is 2. The molecule has 6 heteroatoms. The minimum absolute atomic E-state index is 0.109. The number of likely N-dealkylation sites (tertiary alicyclic amines) is 1. The maximum absolute atomic E-state index is 12.2. The molecule has 0 bridgehead atoms. The molecule has 0 aromatic heterocycles. The lowest BCUT2D eigenvalue weighted by molar-refractivity contribution is -0.157. The van der Waals surface area contributed by atoms with Crippen LogP contribution in [-0.2, 0) is 14.3 Å². The van der Waals surface area contributed by atoms with E-state index in [0.717, 1.165) is 19.4 Å². The number of amides is 1. The fourth-order valence-electron chi connectivity index (χ4n) is 2.75. The predicted molar refractivity (Wildman–Crippen MR) is 68.8 cm³/mol. The number of piperidine rings is 1. The third-order valence-electron chi connectivity index (χ3n) is 3.91. The molecule has 1 amide bonds. The van der Waals surface area contributed by atoms with Gasteiger partial charge < -0.3 is 14.7 Å². The number of rotatable bonds is 3. The van der Waals surface area contributed by atoms with Crippen LogP contribution in [0.4, 0.5) is 0 Å². The van der Waals surface area contributed by atoms with Gasteiger partial charge in [0.1, 0.15) is 0 Å². The van der Waals surface area contributed by atoms with Crippen molar-refractivity contribution in [2.75, 3.05) is 32.8 Å². The monoisotopic (exact) mass is 270 g/mol. The number of ether oxygens (including phenoxy) is 1. The zero-order chi connectivity index (χ0) is 13.8. The average molecular weight is 270 g/mol. The van der Waals surface area contributed by atoms with Crippen molar-refractivity contribution in [2.24, 2.45) is 0 Å². The number of carboxylic acid groups (broad SMARTS) is 1. The molecular formula is C13H22N2O4. The fraction of sp³-hybridized carbons (Fsp3) is 0.846. The maximum Gasteiger partial charge on any atom is 0.334 e. The van der Waals surface area contributed by atoms with Crippen LogP contribution < -0.4 is 0 Å². The van der Waals surface area contributed by atoms with Gasteiger partial charge in [0.2, 0.25) is 5.91 Å². The molecule has 0 aromatic rings. The summed E-state index contributed by atoms with van der Waals surface area (Å²) in [5.41, 5.74) is 0. The van der Waals surface area contributed by atoms with Gasteiger partial charge in [0.05, 0.1) is 13.2 Å². The molecule has 2 aliphatic rings. The molecule has 2 rings (SSSR count). The van der Waals surface area contributed by atoms with Gasteiger partial charge in [0, 0.05) is 25.7 Å². The standard InChI is InChI=1S/C13H22N2O4/c1-10-4-2-3-5-15(10)12(16)9-14-6-7-19-11(8-14)13(17)18/h10-11H,2-9H2,1H3,(H,17,18). The number of carboxylic acids is 1. The first kappa shape index (κ1) is 14.3. The molecule has 2 unspecified atom stereocenters. The molecule has 0 spiro atoms. The number of morpholine rings is 1. The molecule has 0 saturated carbocycles. The van der Waals surface area contributed by atoms with Crippen LogP contribution in [0.3, 0.4) is 0 Å². The van der Waals surface area contributed by atoms with Crippen molar-refractivity contribution in [3.8, 4) is 0 Å². The van der Waals surface area contributed by atoms with Crippen molar-refractivity contribution in [2.45, 2.75) is 38.3 Å². The lowest BCUT2D eigenvalue weighted by Crippen LogP contribution is -2.52. The van der Waals surface area contributed by atoms with Gasteiger partial charge in [-0.2, -0.15) is 0 Å². The smallest absolute Gasteiger partial charge is 0.334 e. The highest BCUT2D eigenvalue weighted by molar-refractivity contribution is 5.79. The van der Waals surface area contributed by atoms with Crippen LogP contribution in [0.25, 0.3) is 0 Å². The van der Waals surface area contributed by atoms with E-state index in [1.54, 1.807) is 0 Å². The van der Waals surface area contributed by atoms with Crippen LogP contribution in [0.2, 0.25) is 0 Å². The minimum Gasteiger partial charge on any atom is -0.479 e. The summed E-state index contributed by atoms with van der Waals surface area (Å²) in [6, 6.07) is 0.303. The Balaban J connectivity index is 1.86. The van der Waals surface area contributed by atoms with Crippen LogP contribution >= 0.6 is 0 Å². The first-order chi connectivity index (χ1) is 9.08. The van der Waals surface area contributed by atoms with E-state index >= 15 is 0 Å². The molecule has 19 heavy (non-hydrogen) atoms. The van der Waals surface area contributed by atoms with Gasteiger partial charge >= 0.3 is 5.97 Å². The molecule has 0 aromatic carbocycles. The fourth-order valence-corrected chi connectivity index (χ4v) is 2.75.